The second-order valence-corrected chi connectivity index (χ2v) is 6.95. The van der Waals surface area contributed by atoms with Crippen LogP contribution in [0, 0.1) is 6.92 Å². The van der Waals surface area contributed by atoms with Gasteiger partial charge in [0.05, 0.1) is 5.69 Å². The van der Waals surface area contributed by atoms with Crippen molar-refractivity contribution >= 4 is 5.82 Å². The highest BCUT2D eigenvalue weighted by Gasteiger charge is 2.25. The van der Waals surface area contributed by atoms with Gasteiger partial charge in [-0.2, -0.15) is 5.10 Å². The Bertz CT molecular complexity index is 633. The molecule has 0 radical (unpaired) electrons. The van der Waals surface area contributed by atoms with Crippen LogP contribution in [0.5, 0.6) is 0 Å². The van der Waals surface area contributed by atoms with Crippen LogP contribution < -0.4 is 4.90 Å². The normalized spacial score (nSPS) is 18.3. The number of rotatable bonds is 6. The second kappa shape index (κ2) is 7.75. The molecule has 3 heterocycles. The van der Waals surface area contributed by atoms with Gasteiger partial charge in [0.15, 0.2) is 5.82 Å². The standard InChI is InChI=1S/C18H28N6/c1-15-7-8-17(21-20-15)24-11-4-6-16(14-24)18-19-9-13-23(18)12-5-10-22(2)3/h7-9,13,16H,4-6,10-12,14H2,1-3H3/t16-/m0/s1. The first-order chi connectivity index (χ1) is 11.6. The molecule has 1 fully saturated rings. The van der Waals surface area contributed by atoms with E-state index in [2.05, 4.69) is 55.9 Å². The fourth-order valence-electron chi connectivity index (χ4n) is 3.38. The summed E-state index contributed by atoms with van der Waals surface area (Å²) in [4.78, 5) is 9.24. The minimum atomic E-state index is 0.469. The van der Waals surface area contributed by atoms with E-state index in [0.29, 0.717) is 5.92 Å². The molecule has 130 valence electrons. The highest BCUT2D eigenvalue weighted by molar-refractivity contribution is 5.38. The maximum Gasteiger partial charge on any atom is 0.151 e. The summed E-state index contributed by atoms with van der Waals surface area (Å²) in [6.45, 7) is 6.14. The van der Waals surface area contributed by atoms with Crippen LogP contribution in [0.15, 0.2) is 24.5 Å². The van der Waals surface area contributed by atoms with E-state index >= 15 is 0 Å². The Hall–Kier alpha value is -1.95. The van der Waals surface area contributed by atoms with E-state index < -0.39 is 0 Å². The third kappa shape index (κ3) is 4.12. The largest absolute Gasteiger partial charge is 0.354 e. The summed E-state index contributed by atoms with van der Waals surface area (Å²) in [5, 5.41) is 8.55. The zero-order chi connectivity index (χ0) is 16.9. The predicted molar refractivity (Wildman–Crippen MR) is 96.4 cm³/mol. The predicted octanol–water partition coefficient (Wildman–Crippen LogP) is 2.32. The minimum absolute atomic E-state index is 0.469. The average molecular weight is 328 g/mol. The van der Waals surface area contributed by atoms with Gasteiger partial charge < -0.3 is 14.4 Å². The molecule has 2 aromatic heterocycles. The minimum Gasteiger partial charge on any atom is -0.354 e. The molecule has 6 nitrogen and oxygen atoms in total. The fraction of sp³-hybridized carbons (Fsp3) is 0.611. The number of piperidine rings is 1. The van der Waals surface area contributed by atoms with Crippen LogP contribution in [0.1, 0.15) is 36.7 Å². The van der Waals surface area contributed by atoms with Crippen molar-refractivity contribution in [1.82, 2.24) is 24.6 Å². The Balaban J connectivity index is 1.66. The van der Waals surface area contributed by atoms with Gasteiger partial charge in [-0.25, -0.2) is 4.98 Å². The summed E-state index contributed by atoms with van der Waals surface area (Å²) in [5.41, 5.74) is 0.962. The fourth-order valence-corrected chi connectivity index (χ4v) is 3.38. The molecule has 3 rings (SSSR count). The number of anilines is 1. The Labute approximate surface area is 144 Å². The van der Waals surface area contributed by atoms with Crippen molar-refractivity contribution in [3.05, 3.63) is 36.0 Å². The van der Waals surface area contributed by atoms with Crippen LogP contribution >= 0.6 is 0 Å². The molecular weight excluding hydrogens is 300 g/mol. The molecule has 2 aromatic rings. The molecule has 0 amide bonds. The SMILES string of the molecule is Cc1ccc(N2CCC[C@H](c3nccn3CCCN(C)C)C2)nn1. The van der Waals surface area contributed by atoms with Crippen molar-refractivity contribution < 1.29 is 0 Å². The number of nitrogens with zero attached hydrogens (tertiary/aromatic N) is 6. The smallest absolute Gasteiger partial charge is 0.151 e. The molecule has 0 saturated carbocycles. The van der Waals surface area contributed by atoms with Gasteiger partial charge in [-0.05, 0) is 59.0 Å². The van der Waals surface area contributed by atoms with Crippen LogP contribution in [0.2, 0.25) is 0 Å². The first-order valence-electron chi connectivity index (χ1n) is 8.84. The van der Waals surface area contributed by atoms with E-state index in [1.807, 2.05) is 19.2 Å². The first-order valence-corrected chi connectivity index (χ1v) is 8.84. The molecule has 0 aromatic carbocycles. The van der Waals surface area contributed by atoms with Crippen molar-refractivity contribution in [2.75, 3.05) is 38.6 Å². The van der Waals surface area contributed by atoms with Gasteiger partial charge in [0.1, 0.15) is 5.82 Å². The Morgan fingerprint density at radius 3 is 2.88 bits per heavy atom. The lowest BCUT2D eigenvalue weighted by Gasteiger charge is -2.33. The number of aryl methyl sites for hydroxylation is 2. The van der Waals surface area contributed by atoms with Crippen LogP contribution in [0.3, 0.4) is 0 Å². The van der Waals surface area contributed by atoms with E-state index in [9.17, 15) is 0 Å². The molecule has 0 spiro atoms. The third-order valence-corrected chi connectivity index (χ3v) is 4.65. The highest BCUT2D eigenvalue weighted by atomic mass is 15.3. The first kappa shape index (κ1) is 16.9. The van der Waals surface area contributed by atoms with E-state index in [-0.39, 0.29) is 0 Å². The zero-order valence-electron chi connectivity index (χ0n) is 15.0. The number of hydrogen-bond donors (Lipinski definition) is 0. The molecule has 1 aliphatic heterocycles. The Morgan fingerprint density at radius 2 is 2.12 bits per heavy atom. The molecule has 0 N–H and O–H groups in total. The molecule has 1 saturated heterocycles. The average Bonchev–Trinajstić information content (AvgIpc) is 3.04. The van der Waals surface area contributed by atoms with Crippen LogP contribution in [0.4, 0.5) is 5.82 Å². The third-order valence-electron chi connectivity index (χ3n) is 4.65. The van der Waals surface area contributed by atoms with Crippen LogP contribution in [0.25, 0.3) is 0 Å². The van der Waals surface area contributed by atoms with E-state index in [4.69, 9.17) is 0 Å². The lowest BCUT2D eigenvalue weighted by molar-refractivity contribution is 0.380. The summed E-state index contributed by atoms with van der Waals surface area (Å²) in [6.07, 6.45) is 7.58. The van der Waals surface area contributed by atoms with Crippen molar-refractivity contribution in [2.24, 2.45) is 0 Å². The van der Waals surface area contributed by atoms with Crippen molar-refractivity contribution in [1.29, 1.82) is 0 Å². The monoisotopic (exact) mass is 328 g/mol. The topological polar surface area (TPSA) is 50.1 Å². The quantitative estimate of drug-likeness (QED) is 0.814. The van der Waals surface area contributed by atoms with E-state index in [1.54, 1.807) is 0 Å². The van der Waals surface area contributed by atoms with Gasteiger partial charge in [0.2, 0.25) is 0 Å². The second-order valence-electron chi connectivity index (χ2n) is 6.95. The summed E-state index contributed by atoms with van der Waals surface area (Å²) >= 11 is 0. The number of imidazole rings is 1. The lowest BCUT2D eigenvalue weighted by atomic mass is 9.97. The zero-order valence-corrected chi connectivity index (χ0v) is 15.0. The van der Waals surface area contributed by atoms with Crippen molar-refractivity contribution in [3.63, 3.8) is 0 Å². The maximum absolute atomic E-state index is 4.67. The summed E-state index contributed by atoms with van der Waals surface area (Å²) < 4.78 is 2.33. The molecule has 6 heteroatoms. The summed E-state index contributed by atoms with van der Waals surface area (Å²) in [6, 6.07) is 4.11. The van der Waals surface area contributed by atoms with Crippen molar-refractivity contribution in [2.45, 2.75) is 38.6 Å². The van der Waals surface area contributed by atoms with Gasteiger partial charge in [0.25, 0.3) is 0 Å². The van der Waals surface area contributed by atoms with Gasteiger partial charge in [-0.1, -0.05) is 0 Å². The van der Waals surface area contributed by atoms with E-state index in [1.165, 1.54) is 18.7 Å². The van der Waals surface area contributed by atoms with Crippen LogP contribution in [-0.4, -0.2) is 58.4 Å². The lowest BCUT2D eigenvalue weighted by Crippen LogP contribution is -2.36. The molecule has 1 atom stereocenters. The Kier molecular flexibility index (Phi) is 5.45. The van der Waals surface area contributed by atoms with Crippen LogP contribution in [-0.2, 0) is 6.54 Å². The Morgan fingerprint density at radius 1 is 1.25 bits per heavy atom. The van der Waals surface area contributed by atoms with Gasteiger partial charge in [-0.15, -0.1) is 5.10 Å². The van der Waals surface area contributed by atoms with E-state index in [0.717, 1.165) is 44.1 Å². The van der Waals surface area contributed by atoms with Gasteiger partial charge >= 0.3 is 0 Å². The number of aromatic nitrogens is 4. The highest BCUT2D eigenvalue weighted by Crippen LogP contribution is 2.28. The molecule has 24 heavy (non-hydrogen) atoms. The van der Waals surface area contributed by atoms with Crippen molar-refractivity contribution in [3.8, 4) is 0 Å². The molecule has 0 aliphatic carbocycles. The maximum atomic E-state index is 4.67. The molecular formula is C18H28N6. The van der Waals surface area contributed by atoms with Gasteiger partial charge in [0, 0.05) is 37.9 Å². The molecule has 0 unspecified atom stereocenters. The molecule has 0 bridgehead atoms. The summed E-state index contributed by atoms with van der Waals surface area (Å²) in [5.74, 6) is 2.67. The van der Waals surface area contributed by atoms with Gasteiger partial charge in [-0.3, -0.25) is 0 Å². The summed E-state index contributed by atoms with van der Waals surface area (Å²) in [7, 11) is 4.24. The molecule has 1 aliphatic rings. The number of hydrogen-bond acceptors (Lipinski definition) is 5.